The molecule has 1 aromatic carbocycles. The van der Waals surface area contributed by atoms with Crippen molar-refractivity contribution < 1.29 is 14.3 Å². The first-order valence-electron chi connectivity index (χ1n) is 6.28. The number of hydrogen-bond donors (Lipinski definition) is 2. The number of carbonyl (C=O) groups is 1. The minimum atomic E-state index is -0.228. The first kappa shape index (κ1) is 14.7. The lowest BCUT2D eigenvalue weighted by atomic mass is 10.3. The van der Waals surface area contributed by atoms with Gasteiger partial charge in [-0.2, -0.15) is 0 Å². The molecule has 0 atom stereocenters. The highest BCUT2D eigenvalue weighted by atomic mass is 16.5. The molecular formula is C14H16N4O3. The number of rotatable bonds is 6. The van der Waals surface area contributed by atoms with Crippen LogP contribution in [0.3, 0.4) is 0 Å². The van der Waals surface area contributed by atoms with Crippen molar-refractivity contribution in [3.63, 3.8) is 0 Å². The van der Waals surface area contributed by atoms with Crippen molar-refractivity contribution in [1.29, 1.82) is 0 Å². The predicted octanol–water partition coefficient (Wildman–Crippen LogP) is 1.90. The number of ether oxygens (including phenoxy) is 2. The molecule has 7 heteroatoms. The van der Waals surface area contributed by atoms with Crippen LogP contribution in [-0.2, 0) is 9.53 Å². The monoisotopic (exact) mass is 288 g/mol. The second-order valence-corrected chi connectivity index (χ2v) is 4.10. The molecule has 0 unspecified atom stereocenters. The molecule has 1 heterocycles. The van der Waals surface area contributed by atoms with Gasteiger partial charge < -0.3 is 20.1 Å². The molecule has 0 aliphatic carbocycles. The molecule has 2 aromatic rings. The highest BCUT2D eigenvalue weighted by Gasteiger charge is 2.04. The predicted molar refractivity (Wildman–Crippen MR) is 78.6 cm³/mol. The van der Waals surface area contributed by atoms with Gasteiger partial charge in [0.05, 0.1) is 0 Å². The first-order valence-corrected chi connectivity index (χ1v) is 6.28. The minimum Gasteiger partial charge on any atom is -0.439 e. The molecule has 110 valence electrons. The summed E-state index contributed by atoms with van der Waals surface area (Å²) in [5, 5.41) is 5.61. The van der Waals surface area contributed by atoms with E-state index in [9.17, 15) is 4.79 Å². The van der Waals surface area contributed by atoms with Crippen LogP contribution in [0, 0.1) is 0 Å². The van der Waals surface area contributed by atoms with E-state index in [1.807, 2.05) is 0 Å². The van der Waals surface area contributed by atoms with Gasteiger partial charge in [0.2, 0.25) is 11.8 Å². The summed E-state index contributed by atoms with van der Waals surface area (Å²) in [4.78, 5) is 19.5. The SMILES string of the molecule is CNc1cc(Oc2cccc(NC(=O)COC)c2)ncn1. The Hall–Kier alpha value is -2.67. The van der Waals surface area contributed by atoms with E-state index < -0.39 is 0 Å². The Kier molecular flexibility index (Phi) is 5.05. The highest BCUT2D eigenvalue weighted by molar-refractivity contribution is 5.91. The third-order valence-electron chi connectivity index (χ3n) is 2.51. The van der Waals surface area contributed by atoms with Crippen LogP contribution in [0.4, 0.5) is 11.5 Å². The third kappa shape index (κ3) is 4.43. The summed E-state index contributed by atoms with van der Waals surface area (Å²) in [5.41, 5.74) is 0.623. The van der Waals surface area contributed by atoms with Gasteiger partial charge in [-0.3, -0.25) is 4.79 Å². The molecule has 0 saturated carbocycles. The zero-order chi connectivity index (χ0) is 15.1. The van der Waals surface area contributed by atoms with Gasteiger partial charge in [-0.25, -0.2) is 9.97 Å². The Morgan fingerprint density at radius 3 is 2.90 bits per heavy atom. The van der Waals surface area contributed by atoms with Crippen molar-refractivity contribution in [3.05, 3.63) is 36.7 Å². The van der Waals surface area contributed by atoms with Crippen LogP contribution in [0.5, 0.6) is 11.6 Å². The van der Waals surface area contributed by atoms with Crippen LogP contribution in [-0.4, -0.2) is 36.6 Å². The Balaban J connectivity index is 2.08. The molecule has 0 fully saturated rings. The fourth-order valence-corrected chi connectivity index (χ4v) is 1.62. The lowest BCUT2D eigenvalue weighted by Gasteiger charge is -2.08. The van der Waals surface area contributed by atoms with Gasteiger partial charge in [-0.05, 0) is 12.1 Å². The summed E-state index contributed by atoms with van der Waals surface area (Å²) in [6.45, 7) is 0.00250. The lowest BCUT2D eigenvalue weighted by molar-refractivity contribution is -0.119. The molecule has 0 saturated heterocycles. The van der Waals surface area contributed by atoms with Gasteiger partial charge in [0.15, 0.2) is 0 Å². The molecule has 1 aromatic heterocycles. The first-order chi connectivity index (χ1) is 10.2. The lowest BCUT2D eigenvalue weighted by Crippen LogP contribution is -2.16. The molecule has 0 spiro atoms. The van der Waals surface area contributed by atoms with E-state index in [0.29, 0.717) is 23.1 Å². The van der Waals surface area contributed by atoms with Crippen LogP contribution in [0.25, 0.3) is 0 Å². The fraction of sp³-hybridized carbons (Fsp3) is 0.214. The third-order valence-corrected chi connectivity index (χ3v) is 2.51. The Bertz CT molecular complexity index is 619. The van der Waals surface area contributed by atoms with Crippen molar-refractivity contribution in [3.8, 4) is 11.6 Å². The largest absolute Gasteiger partial charge is 0.439 e. The maximum Gasteiger partial charge on any atom is 0.250 e. The maximum atomic E-state index is 11.5. The number of benzene rings is 1. The van der Waals surface area contributed by atoms with E-state index in [4.69, 9.17) is 9.47 Å². The zero-order valence-corrected chi connectivity index (χ0v) is 11.8. The van der Waals surface area contributed by atoms with Crippen LogP contribution in [0.2, 0.25) is 0 Å². The Labute approximate surface area is 122 Å². The van der Waals surface area contributed by atoms with Gasteiger partial charge in [0.1, 0.15) is 24.5 Å². The molecule has 2 N–H and O–H groups in total. The van der Waals surface area contributed by atoms with E-state index >= 15 is 0 Å². The number of amides is 1. The topological polar surface area (TPSA) is 85.4 Å². The number of aromatic nitrogens is 2. The number of carbonyl (C=O) groups excluding carboxylic acids is 1. The van der Waals surface area contributed by atoms with Crippen LogP contribution < -0.4 is 15.4 Å². The molecule has 0 bridgehead atoms. The number of nitrogens with zero attached hydrogens (tertiary/aromatic N) is 2. The summed E-state index contributed by atoms with van der Waals surface area (Å²) < 4.78 is 10.4. The fourth-order valence-electron chi connectivity index (χ4n) is 1.62. The van der Waals surface area contributed by atoms with Crippen molar-refractivity contribution >= 4 is 17.4 Å². The molecular weight excluding hydrogens is 272 g/mol. The zero-order valence-electron chi connectivity index (χ0n) is 11.8. The van der Waals surface area contributed by atoms with Crippen molar-refractivity contribution in [2.75, 3.05) is 31.4 Å². The summed E-state index contributed by atoms with van der Waals surface area (Å²) in [5.74, 6) is 1.40. The van der Waals surface area contributed by atoms with Gasteiger partial charge in [-0.15, -0.1) is 0 Å². The van der Waals surface area contributed by atoms with E-state index in [1.54, 1.807) is 37.4 Å². The van der Waals surface area contributed by atoms with Gasteiger partial charge in [0.25, 0.3) is 0 Å². The average Bonchev–Trinajstić information content (AvgIpc) is 2.48. The van der Waals surface area contributed by atoms with Crippen molar-refractivity contribution in [2.24, 2.45) is 0 Å². The second kappa shape index (κ2) is 7.20. The number of anilines is 2. The highest BCUT2D eigenvalue weighted by Crippen LogP contribution is 2.23. The quantitative estimate of drug-likeness (QED) is 0.844. The molecule has 0 radical (unpaired) electrons. The van der Waals surface area contributed by atoms with Crippen molar-refractivity contribution in [2.45, 2.75) is 0 Å². The van der Waals surface area contributed by atoms with E-state index in [1.165, 1.54) is 13.4 Å². The number of hydrogen-bond acceptors (Lipinski definition) is 6. The second-order valence-electron chi connectivity index (χ2n) is 4.10. The molecule has 21 heavy (non-hydrogen) atoms. The summed E-state index contributed by atoms with van der Waals surface area (Å²) in [7, 11) is 3.23. The smallest absolute Gasteiger partial charge is 0.250 e. The van der Waals surface area contributed by atoms with Crippen LogP contribution in [0.15, 0.2) is 36.7 Å². The molecule has 0 aliphatic heterocycles. The number of nitrogens with one attached hydrogen (secondary N) is 2. The Morgan fingerprint density at radius 2 is 2.14 bits per heavy atom. The van der Waals surface area contributed by atoms with Crippen LogP contribution in [0.1, 0.15) is 0 Å². The molecule has 0 aliphatic rings. The van der Waals surface area contributed by atoms with Gasteiger partial charge >= 0.3 is 0 Å². The van der Waals surface area contributed by atoms with Crippen molar-refractivity contribution in [1.82, 2.24) is 9.97 Å². The van der Waals surface area contributed by atoms with Gasteiger partial charge in [0, 0.05) is 32.0 Å². The summed E-state index contributed by atoms with van der Waals surface area (Å²) in [6, 6.07) is 8.69. The maximum absolute atomic E-state index is 11.5. The summed E-state index contributed by atoms with van der Waals surface area (Å²) >= 11 is 0. The minimum absolute atomic E-state index is 0.00250. The van der Waals surface area contributed by atoms with E-state index in [-0.39, 0.29) is 12.5 Å². The molecule has 7 nitrogen and oxygen atoms in total. The number of methoxy groups -OCH3 is 1. The van der Waals surface area contributed by atoms with E-state index in [0.717, 1.165) is 0 Å². The Morgan fingerprint density at radius 1 is 1.29 bits per heavy atom. The average molecular weight is 288 g/mol. The van der Waals surface area contributed by atoms with Crippen LogP contribution >= 0.6 is 0 Å². The summed E-state index contributed by atoms with van der Waals surface area (Å²) in [6.07, 6.45) is 1.41. The molecule has 2 rings (SSSR count). The van der Waals surface area contributed by atoms with E-state index in [2.05, 4.69) is 20.6 Å². The normalized spacial score (nSPS) is 10.0. The molecule has 1 amide bonds. The standard InChI is InChI=1S/C14H16N4O3/c1-15-12-7-14(17-9-16-12)21-11-5-3-4-10(6-11)18-13(19)8-20-2/h3-7,9H,8H2,1-2H3,(H,18,19)(H,15,16,17). The van der Waals surface area contributed by atoms with Gasteiger partial charge in [-0.1, -0.05) is 6.07 Å².